The summed E-state index contributed by atoms with van der Waals surface area (Å²) >= 11 is 1.36. The minimum atomic E-state index is -0.957. The summed E-state index contributed by atoms with van der Waals surface area (Å²) in [5.74, 6) is -2.63. The van der Waals surface area contributed by atoms with Gasteiger partial charge >= 0.3 is 5.97 Å². The molecule has 0 aliphatic carbocycles. The van der Waals surface area contributed by atoms with Crippen molar-refractivity contribution >= 4 is 28.3 Å². The maximum Gasteiger partial charge on any atom is 0.310 e. The first-order valence-electron chi connectivity index (χ1n) is 7.42. The van der Waals surface area contributed by atoms with Crippen LogP contribution in [0.25, 0.3) is 0 Å². The van der Waals surface area contributed by atoms with Gasteiger partial charge in [-0.15, -0.1) is 11.3 Å². The van der Waals surface area contributed by atoms with Gasteiger partial charge in [-0.25, -0.2) is 4.98 Å². The molecule has 2 aliphatic heterocycles. The minimum absolute atomic E-state index is 0.0847. The van der Waals surface area contributed by atoms with Gasteiger partial charge in [-0.3, -0.25) is 9.59 Å². The van der Waals surface area contributed by atoms with Crippen molar-refractivity contribution in [3.63, 3.8) is 0 Å². The molecule has 3 rings (SSSR count). The standard InChI is InChI=1S/C15H20N2O4S/c1-15(2,3)9-6-22-14(16-9)17-12(18)10-7-4-5-8(21-7)11(10)13(19)20/h6-8,10-11H,4-5H2,1-3H3,(H,19,20)(H,16,17,18)/t7-,8+,10+,11+/m1/s1. The van der Waals surface area contributed by atoms with Crippen LogP contribution in [0.15, 0.2) is 5.38 Å². The lowest BCUT2D eigenvalue weighted by Crippen LogP contribution is -2.40. The molecule has 1 aromatic rings. The highest BCUT2D eigenvalue weighted by Crippen LogP contribution is 2.44. The van der Waals surface area contributed by atoms with Crippen LogP contribution in [0.1, 0.15) is 39.3 Å². The molecule has 6 nitrogen and oxygen atoms in total. The van der Waals surface area contributed by atoms with Crippen LogP contribution in [-0.4, -0.2) is 34.2 Å². The number of fused-ring (bicyclic) bond motifs is 2. The van der Waals surface area contributed by atoms with Gasteiger partial charge < -0.3 is 15.2 Å². The zero-order chi connectivity index (χ0) is 16.1. The quantitative estimate of drug-likeness (QED) is 0.890. The van der Waals surface area contributed by atoms with Crippen LogP contribution >= 0.6 is 11.3 Å². The number of rotatable bonds is 3. The predicted molar refractivity (Wildman–Crippen MR) is 82.0 cm³/mol. The van der Waals surface area contributed by atoms with Gasteiger partial charge in [0.05, 0.1) is 29.7 Å². The fraction of sp³-hybridized carbons (Fsp3) is 0.667. The van der Waals surface area contributed by atoms with Crippen molar-refractivity contribution in [1.29, 1.82) is 0 Å². The third-order valence-corrected chi connectivity index (χ3v) is 5.12. The van der Waals surface area contributed by atoms with E-state index in [1.807, 2.05) is 5.38 Å². The van der Waals surface area contributed by atoms with Crippen molar-refractivity contribution in [2.24, 2.45) is 11.8 Å². The number of carbonyl (C=O) groups is 2. The van der Waals surface area contributed by atoms with Crippen molar-refractivity contribution < 1.29 is 19.4 Å². The lowest BCUT2D eigenvalue weighted by molar-refractivity contribution is -0.147. The number of hydrogen-bond donors (Lipinski definition) is 2. The number of anilines is 1. The Balaban J connectivity index is 1.74. The zero-order valence-corrected chi connectivity index (χ0v) is 13.6. The predicted octanol–water partition coefficient (Wildman–Crippen LogP) is 2.26. The first kappa shape index (κ1) is 15.4. The Bertz CT molecular complexity index is 607. The molecule has 0 spiro atoms. The molecule has 1 amide bonds. The summed E-state index contributed by atoms with van der Waals surface area (Å²) in [5, 5.41) is 14.6. The van der Waals surface area contributed by atoms with Gasteiger partial charge in [0.25, 0.3) is 0 Å². The van der Waals surface area contributed by atoms with Crippen LogP contribution in [0.5, 0.6) is 0 Å². The Hall–Kier alpha value is -1.47. The molecule has 2 bridgehead atoms. The van der Waals surface area contributed by atoms with Gasteiger partial charge in [-0.1, -0.05) is 20.8 Å². The van der Waals surface area contributed by atoms with E-state index in [0.717, 1.165) is 18.5 Å². The number of amides is 1. The number of ether oxygens (including phenoxy) is 1. The molecule has 2 N–H and O–H groups in total. The highest BCUT2D eigenvalue weighted by Gasteiger charge is 2.55. The first-order chi connectivity index (χ1) is 10.3. The minimum Gasteiger partial charge on any atom is -0.481 e. The van der Waals surface area contributed by atoms with E-state index < -0.39 is 17.8 Å². The van der Waals surface area contributed by atoms with Crippen molar-refractivity contribution in [3.05, 3.63) is 11.1 Å². The molecule has 2 saturated heterocycles. The van der Waals surface area contributed by atoms with E-state index >= 15 is 0 Å². The highest BCUT2D eigenvalue weighted by atomic mass is 32.1. The maximum atomic E-state index is 12.5. The summed E-state index contributed by atoms with van der Waals surface area (Å²) < 4.78 is 5.62. The molecule has 7 heteroatoms. The average Bonchev–Trinajstić information content (AvgIpc) is 3.11. The molecule has 4 atom stereocenters. The summed E-state index contributed by atoms with van der Waals surface area (Å²) in [5.41, 5.74) is 0.824. The number of thiazole rings is 1. The Labute approximate surface area is 132 Å². The van der Waals surface area contributed by atoms with Gasteiger partial charge in [0, 0.05) is 10.8 Å². The molecule has 0 radical (unpaired) electrons. The normalized spacial score (nSPS) is 30.5. The Morgan fingerprint density at radius 1 is 1.32 bits per heavy atom. The lowest BCUT2D eigenvalue weighted by Gasteiger charge is -2.23. The molecule has 0 unspecified atom stereocenters. The van der Waals surface area contributed by atoms with Crippen molar-refractivity contribution in [3.8, 4) is 0 Å². The van der Waals surface area contributed by atoms with E-state index in [4.69, 9.17) is 4.74 Å². The summed E-state index contributed by atoms with van der Waals surface area (Å²) in [6.07, 6.45) is 0.849. The molecule has 0 aromatic carbocycles. The molecule has 22 heavy (non-hydrogen) atoms. The Kier molecular flexibility index (Phi) is 3.72. The van der Waals surface area contributed by atoms with Crippen molar-refractivity contribution in [2.75, 3.05) is 5.32 Å². The first-order valence-corrected chi connectivity index (χ1v) is 8.30. The van der Waals surface area contributed by atoms with Crippen LogP contribution in [0.2, 0.25) is 0 Å². The zero-order valence-electron chi connectivity index (χ0n) is 12.8. The molecule has 2 fully saturated rings. The van der Waals surface area contributed by atoms with Crippen molar-refractivity contribution in [1.82, 2.24) is 4.98 Å². The number of hydrogen-bond acceptors (Lipinski definition) is 5. The third-order valence-electron chi connectivity index (χ3n) is 4.36. The van der Waals surface area contributed by atoms with E-state index in [9.17, 15) is 14.7 Å². The van der Waals surface area contributed by atoms with E-state index in [-0.39, 0.29) is 23.5 Å². The Morgan fingerprint density at radius 2 is 1.95 bits per heavy atom. The van der Waals surface area contributed by atoms with E-state index in [0.29, 0.717) is 5.13 Å². The number of aromatic nitrogens is 1. The number of aliphatic carboxylic acids is 1. The fourth-order valence-electron chi connectivity index (χ4n) is 3.19. The van der Waals surface area contributed by atoms with Gasteiger partial charge in [0.1, 0.15) is 0 Å². The second-order valence-corrected chi connectivity index (χ2v) is 7.82. The average molecular weight is 324 g/mol. The molecule has 0 saturated carbocycles. The molecule has 3 heterocycles. The van der Waals surface area contributed by atoms with E-state index in [1.165, 1.54) is 11.3 Å². The fourth-order valence-corrected chi connectivity index (χ4v) is 4.13. The number of nitrogens with zero attached hydrogens (tertiary/aromatic N) is 1. The van der Waals surface area contributed by atoms with Gasteiger partial charge in [-0.2, -0.15) is 0 Å². The van der Waals surface area contributed by atoms with Crippen LogP contribution in [0.4, 0.5) is 5.13 Å². The van der Waals surface area contributed by atoms with Crippen molar-refractivity contribution in [2.45, 2.75) is 51.2 Å². The lowest BCUT2D eigenvalue weighted by atomic mass is 9.79. The van der Waals surface area contributed by atoms with E-state index in [2.05, 4.69) is 31.1 Å². The molecular formula is C15H20N2O4S. The van der Waals surface area contributed by atoms with Crippen LogP contribution in [0, 0.1) is 11.8 Å². The summed E-state index contributed by atoms with van der Waals surface area (Å²) in [6, 6.07) is 0. The molecule has 1 aromatic heterocycles. The van der Waals surface area contributed by atoms with Gasteiger partial charge in [-0.05, 0) is 12.8 Å². The summed E-state index contributed by atoms with van der Waals surface area (Å²) in [4.78, 5) is 28.3. The smallest absolute Gasteiger partial charge is 0.310 e. The topological polar surface area (TPSA) is 88.5 Å². The van der Waals surface area contributed by atoms with Crippen LogP contribution in [-0.2, 0) is 19.7 Å². The van der Waals surface area contributed by atoms with Crippen LogP contribution < -0.4 is 5.32 Å². The second-order valence-electron chi connectivity index (χ2n) is 6.96. The number of carbonyl (C=O) groups excluding carboxylic acids is 1. The monoisotopic (exact) mass is 324 g/mol. The SMILES string of the molecule is CC(C)(C)c1csc(NC(=O)[C@@H]2[C@@H](C(=O)O)[C@@H]3CC[C@H]2O3)n1. The van der Waals surface area contributed by atoms with E-state index in [1.54, 1.807) is 0 Å². The summed E-state index contributed by atoms with van der Waals surface area (Å²) in [7, 11) is 0. The van der Waals surface area contributed by atoms with Gasteiger partial charge in [0.2, 0.25) is 5.91 Å². The second kappa shape index (κ2) is 5.31. The number of carboxylic acids is 1. The third kappa shape index (κ3) is 2.63. The Morgan fingerprint density at radius 3 is 2.50 bits per heavy atom. The highest BCUT2D eigenvalue weighted by molar-refractivity contribution is 7.13. The summed E-state index contributed by atoms with van der Waals surface area (Å²) in [6.45, 7) is 6.16. The molecule has 120 valence electrons. The van der Waals surface area contributed by atoms with Crippen LogP contribution in [0.3, 0.4) is 0 Å². The molecule has 2 aliphatic rings. The van der Waals surface area contributed by atoms with Gasteiger partial charge in [0.15, 0.2) is 5.13 Å². The largest absolute Gasteiger partial charge is 0.481 e. The molecular weight excluding hydrogens is 304 g/mol. The number of nitrogens with one attached hydrogen (secondary N) is 1. The maximum absolute atomic E-state index is 12.5. The number of carboxylic acid groups (broad SMARTS) is 1.